The van der Waals surface area contributed by atoms with Crippen molar-refractivity contribution < 1.29 is 19.1 Å². The summed E-state index contributed by atoms with van der Waals surface area (Å²) in [6.45, 7) is 14.0. The van der Waals surface area contributed by atoms with Crippen LogP contribution in [0.25, 0.3) is 0 Å². The van der Waals surface area contributed by atoms with E-state index in [0.29, 0.717) is 32.0 Å². The fraction of sp³-hybridized carbons (Fsp3) is 0.562. The summed E-state index contributed by atoms with van der Waals surface area (Å²) in [5.41, 5.74) is 2.55. The third-order valence-corrected chi connectivity index (χ3v) is 8.97. The number of carboxylic acid groups (broad SMARTS) is 1. The molecule has 2 saturated heterocycles. The summed E-state index contributed by atoms with van der Waals surface area (Å²) in [6.07, 6.45) is 2.11. The predicted octanol–water partition coefficient (Wildman–Crippen LogP) is 5.85. The van der Waals surface area contributed by atoms with Gasteiger partial charge in [-0.2, -0.15) is 0 Å². The molecule has 0 bridgehead atoms. The van der Waals surface area contributed by atoms with Crippen LogP contribution < -0.4 is 5.32 Å². The molecule has 2 aromatic rings. The highest BCUT2D eigenvalue weighted by atomic mass is 19.1. The van der Waals surface area contributed by atoms with Gasteiger partial charge in [0.25, 0.3) is 0 Å². The number of nitrogens with zero attached hydrogens (tertiary/aromatic N) is 3. The summed E-state index contributed by atoms with van der Waals surface area (Å²) in [5, 5.41) is 13.4. The maximum atomic E-state index is 13.1. The first-order valence-electron chi connectivity index (χ1n) is 14.5. The molecule has 0 radical (unpaired) electrons. The number of hydrogen-bond acceptors (Lipinski definition) is 4. The number of halogens is 1. The Kier molecular flexibility index (Phi) is 9.08. The number of carbonyl (C=O) groups excluding carboxylic acids is 1. The van der Waals surface area contributed by atoms with Gasteiger partial charge < -0.3 is 15.3 Å². The Balaban J connectivity index is 1.25. The average Bonchev–Trinajstić information content (AvgIpc) is 2.88. The minimum Gasteiger partial charge on any atom is -0.465 e. The Morgan fingerprint density at radius 2 is 1.62 bits per heavy atom. The fourth-order valence-electron chi connectivity index (χ4n) is 6.17. The minimum atomic E-state index is -0.852. The van der Waals surface area contributed by atoms with E-state index in [1.54, 1.807) is 17.0 Å². The minimum absolute atomic E-state index is 0.0930. The van der Waals surface area contributed by atoms with Crippen molar-refractivity contribution in [3.63, 3.8) is 0 Å². The first-order chi connectivity index (χ1) is 18.9. The van der Waals surface area contributed by atoms with E-state index in [4.69, 9.17) is 0 Å². The first-order valence-corrected chi connectivity index (χ1v) is 14.5. The van der Waals surface area contributed by atoms with E-state index in [2.05, 4.69) is 62.2 Å². The zero-order valence-electron chi connectivity index (χ0n) is 24.6. The molecule has 2 aromatic carbocycles. The van der Waals surface area contributed by atoms with E-state index < -0.39 is 11.6 Å². The van der Waals surface area contributed by atoms with Crippen molar-refractivity contribution in [1.82, 2.24) is 14.7 Å². The molecule has 8 heteroatoms. The molecule has 2 aliphatic rings. The second-order valence-electron chi connectivity index (χ2n) is 12.8. The van der Waals surface area contributed by atoms with E-state index in [9.17, 15) is 19.1 Å². The van der Waals surface area contributed by atoms with Gasteiger partial charge in [-0.1, -0.05) is 45.0 Å². The van der Waals surface area contributed by atoms with Gasteiger partial charge in [-0.05, 0) is 73.9 Å². The highest BCUT2D eigenvalue weighted by Gasteiger charge is 2.51. The number of piperazine rings is 1. The average molecular weight is 553 g/mol. The molecule has 2 heterocycles. The Morgan fingerprint density at radius 1 is 1.02 bits per heavy atom. The monoisotopic (exact) mass is 552 g/mol. The molecule has 2 N–H and O–H groups in total. The molecule has 2 amide bonds. The normalized spacial score (nSPS) is 22.8. The van der Waals surface area contributed by atoms with Crippen LogP contribution in [0.4, 0.5) is 14.9 Å². The van der Waals surface area contributed by atoms with E-state index in [1.807, 2.05) is 11.8 Å². The van der Waals surface area contributed by atoms with Crippen LogP contribution >= 0.6 is 0 Å². The van der Waals surface area contributed by atoms with Gasteiger partial charge >= 0.3 is 6.09 Å². The number of hydrogen-bond donors (Lipinski definition) is 2. The molecule has 0 saturated carbocycles. The molecule has 2 fully saturated rings. The molecule has 7 nitrogen and oxygen atoms in total. The van der Waals surface area contributed by atoms with Gasteiger partial charge in [-0.3, -0.25) is 14.6 Å². The van der Waals surface area contributed by atoms with Gasteiger partial charge in [0.15, 0.2) is 0 Å². The molecule has 2 aliphatic heterocycles. The number of piperidine rings is 1. The number of nitrogens with one attached hydrogen (secondary N) is 1. The lowest BCUT2D eigenvalue weighted by molar-refractivity contribution is -0.132. The Morgan fingerprint density at radius 3 is 2.20 bits per heavy atom. The third kappa shape index (κ3) is 6.95. The summed E-state index contributed by atoms with van der Waals surface area (Å²) in [6, 6.07) is 15.1. The highest BCUT2D eigenvalue weighted by Crippen LogP contribution is 2.40. The topological polar surface area (TPSA) is 76.1 Å². The number of carbonyl (C=O) groups is 2. The van der Waals surface area contributed by atoms with Gasteiger partial charge in [-0.25, -0.2) is 9.18 Å². The zero-order valence-corrected chi connectivity index (χ0v) is 24.6. The van der Waals surface area contributed by atoms with Crippen LogP contribution in [-0.2, 0) is 17.8 Å². The van der Waals surface area contributed by atoms with Crippen molar-refractivity contribution in [2.75, 3.05) is 31.5 Å². The van der Waals surface area contributed by atoms with Gasteiger partial charge in [-0.15, -0.1) is 0 Å². The second kappa shape index (κ2) is 12.2. The molecule has 40 heavy (non-hydrogen) atoms. The van der Waals surface area contributed by atoms with Crippen molar-refractivity contribution in [2.45, 2.75) is 84.5 Å². The van der Waals surface area contributed by atoms with Crippen molar-refractivity contribution >= 4 is 17.7 Å². The molecule has 2 atom stereocenters. The number of rotatable bonds is 7. The van der Waals surface area contributed by atoms with Crippen LogP contribution in [0.5, 0.6) is 0 Å². The Bertz CT molecular complexity index is 1160. The lowest BCUT2D eigenvalue weighted by Gasteiger charge is -2.57. The number of amides is 2. The van der Waals surface area contributed by atoms with Crippen LogP contribution in [0.1, 0.15) is 65.0 Å². The molecule has 0 aliphatic carbocycles. The quantitative estimate of drug-likeness (QED) is 0.451. The predicted molar refractivity (Wildman–Crippen MR) is 157 cm³/mol. The van der Waals surface area contributed by atoms with Crippen molar-refractivity contribution in [2.24, 2.45) is 5.41 Å². The van der Waals surface area contributed by atoms with Crippen LogP contribution in [-0.4, -0.2) is 75.6 Å². The number of aryl methyl sites for hydroxylation is 1. The van der Waals surface area contributed by atoms with Gasteiger partial charge in [0.05, 0.1) is 5.54 Å². The second-order valence-corrected chi connectivity index (χ2v) is 12.8. The molecular weight excluding hydrogens is 507 g/mol. The lowest BCUT2D eigenvalue weighted by atomic mass is 9.71. The molecule has 0 aromatic heterocycles. The van der Waals surface area contributed by atoms with Crippen LogP contribution in [0.15, 0.2) is 48.5 Å². The standard InChI is InChI=1S/C32H45FN4O3/c1-23-20-35(22-32(5,31(2,3)4)37(23)30(39)40)21-25-8-6-24(7-9-25)10-15-29(38)36-18-16-28(17-19-36)34-27-13-11-26(33)12-14-27/h6-9,11-14,23,28,34H,10,15-22H2,1-5H3,(H,39,40)/t23-,32-/m0/s1. The largest absolute Gasteiger partial charge is 0.465 e. The fourth-order valence-corrected chi connectivity index (χ4v) is 6.17. The maximum absolute atomic E-state index is 13.1. The van der Waals surface area contributed by atoms with Crippen LogP contribution in [0.3, 0.4) is 0 Å². The van der Waals surface area contributed by atoms with E-state index >= 15 is 0 Å². The Hall–Kier alpha value is -3.13. The molecule has 4 rings (SSSR count). The van der Waals surface area contributed by atoms with Gasteiger partial charge in [0.1, 0.15) is 5.82 Å². The molecule has 0 unspecified atom stereocenters. The summed E-state index contributed by atoms with van der Waals surface area (Å²) in [7, 11) is 0. The van der Waals surface area contributed by atoms with E-state index in [0.717, 1.165) is 43.7 Å². The van der Waals surface area contributed by atoms with Gasteiger partial charge in [0, 0.05) is 56.9 Å². The summed E-state index contributed by atoms with van der Waals surface area (Å²) < 4.78 is 13.1. The highest BCUT2D eigenvalue weighted by molar-refractivity contribution is 5.76. The van der Waals surface area contributed by atoms with E-state index in [-0.39, 0.29) is 23.2 Å². The SMILES string of the molecule is C[C@H]1CN(Cc2ccc(CCC(=O)N3CCC(Nc4ccc(F)cc4)CC3)cc2)C[C@@](C)(C(C)(C)C)N1C(=O)O. The van der Waals surface area contributed by atoms with Crippen molar-refractivity contribution in [1.29, 1.82) is 0 Å². The van der Waals surface area contributed by atoms with Crippen molar-refractivity contribution in [3.8, 4) is 0 Å². The summed E-state index contributed by atoms with van der Waals surface area (Å²) >= 11 is 0. The summed E-state index contributed by atoms with van der Waals surface area (Å²) in [5.74, 6) is -0.0500. The number of anilines is 1. The summed E-state index contributed by atoms with van der Waals surface area (Å²) in [4.78, 5) is 30.9. The third-order valence-electron chi connectivity index (χ3n) is 8.97. The lowest BCUT2D eigenvalue weighted by Crippen LogP contribution is -2.70. The zero-order chi connectivity index (χ0) is 29.1. The smallest absolute Gasteiger partial charge is 0.408 e. The molecular formula is C32H45FN4O3. The maximum Gasteiger partial charge on any atom is 0.408 e. The van der Waals surface area contributed by atoms with E-state index in [1.165, 1.54) is 17.7 Å². The molecule has 0 spiro atoms. The molecule has 218 valence electrons. The van der Waals surface area contributed by atoms with Gasteiger partial charge in [0.2, 0.25) is 5.91 Å². The Labute approximate surface area is 238 Å². The van der Waals surface area contributed by atoms with Crippen molar-refractivity contribution in [3.05, 3.63) is 65.5 Å². The number of likely N-dealkylation sites (tertiary alicyclic amines) is 1. The number of benzene rings is 2. The first kappa shape index (κ1) is 29.8. The van der Waals surface area contributed by atoms with Crippen LogP contribution in [0, 0.1) is 11.2 Å². The van der Waals surface area contributed by atoms with Crippen LogP contribution in [0.2, 0.25) is 0 Å².